The third-order valence-corrected chi connectivity index (χ3v) is 4.01. The Balaban J connectivity index is 2.54. The Hall–Kier alpha value is 0.110. The Morgan fingerprint density at radius 3 is 2.60 bits per heavy atom. The maximum atomic E-state index is 11.2. The summed E-state index contributed by atoms with van der Waals surface area (Å²) in [6, 6.07) is 0.497. The first-order valence-electron chi connectivity index (χ1n) is 3.68. The second kappa shape index (κ2) is 3.01. The molecule has 3 atom stereocenters. The molecule has 10 heavy (non-hydrogen) atoms. The Kier molecular flexibility index (Phi) is 2.47. The van der Waals surface area contributed by atoms with Crippen molar-refractivity contribution in [1.29, 1.82) is 0 Å². The Morgan fingerprint density at radius 1 is 1.50 bits per heavy atom. The lowest BCUT2D eigenvalue weighted by atomic mass is 10.3. The SMILES string of the molecule is CC1CS(=O)C(C)CN1C. The molecule has 0 bridgehead atoms. The third-order valence-electron chi connectivity index (χ3n) is 2.15. The predicted octanol–water partition coefficient (Wildman–Crippen LogP) is 0.457. The molecule has 0 N–H and O–H groups in total. The van der Waals surface area contributed by atoms with Crippen molar-refractivity contribution in [1.82, 2.24) is 4.90 Å². The molecule has 1 fully saturated rings. The maximum absolute atomic E-state index is 11.2. The lowest BCUT2D eigenvalue weighted by Gasteiger charge is -2.32. The van der Waals surface area contributed by atoms with Crippen LogP contribution >= 0.6 is 0 Å². The quantitative estimate of drug-likeness (QED) is 0.514. The summed E-state index contributed by atoms with van der Waals surface area (Å²) < 4.78 is 11.2. The van der Waals surface area contributed by atoms with Crippen LogP contribution in [-0.4, -0.2) is 39.7 Å². The summed E-state index contributed by atoms with van der Waals surface area (Å²) in [5.74, 6) is 0.845. The maximum Gasteiger partial charge on any atom is 0.0447 e. The summed E-state index contributed by atoms with van der Waals surface area (Å²) in [5, 5.41) is 0.362. The first-order valence-corrected chi connectivity index (χ1v) is 5.07. The minimum atomic E-state index is -0.577. The minimum absolute atomic E-state index is 0.362. The highest BCUT2D eigenvalue weighted by molar-refractivity contribution is 7.85. The molecule has 2 nitrogen and oxygen atoms in total. The second-order valence-electron chi connectivity index (χ2n) is 3.15. The molecule has 1 aliphatic heterocycles. The van der Waals surface area contributed by atoms with Gasteiger partial charge in [0.05, 0.1) is 0 Å². The summed E-state index contributed by atoms with van der Waals surface area (Å²) in [6.45, 7) is 5.16. The molecule has 0 aromatic rings. The van der Waals surface area contributed by atoms with Gasteiger partial charge in [-0.15, -0.1) is 0 Å². The molecule has 0 aliphatic carbocycles. The van der Waals surface area contributed by atoms with Crippen molar-refractivity contribution < 1.29 is 4.21 Å². The van der Waals surface area contributed by atoms with Crippen molar-refractivity contribution in [2.75, 3.05) is 19.3 Å². The fourth-order valence-corrected chi connectivity index (χ4v) is 2.66. The second-order valence-corrected chi connectivity index (χ2v) is 5.05. The van der Waals surface area contributed by atoms with Gasteiger partial charge in [0.1, 0.15) is 0 Å². The molecule has 1 saturated heterocycles. The van der Waals surface area contributed by atoms with Gasteiger partial charge in [0, 0.05) is 34.4 Å². The van der Waals surface area contributed by atoms with E-state index in [4.69, 9.17) is 0 Å². The van der Waals surface area contributed by atoms with Crippen molar-refractivity contribution in [2.45, 2.75) is 25.1 Å². The van der Waals surface area contributed by atoms with Gasteiger partial charge in [0.25, 0.3) is 0 Å². The predicted molar refractivity (Wildman–Crippen MR) is 44.6 cm³/mol. The Morgan fingerprint density at radius 2 is 2.10 bits per heavy atom. The highest BCUT2D eigenvalue weighted by atomic mass is 32.2. The Bertz CT molecular complexity index is 149. The number of hydrogen-bond donors (Lipinski definition) is 0. The molecule has 0 aromatic carbocycles. The van der Waals surface area contributed by atoms with Gasteiger partial charge >= 0.3 is 0 Å². The summed E-state index contributed by atoms with van der Waals surface area (Å²) in [7, 11) is 1.52. The molecular formula is C7H15NOS. The lowest BCUT2D eigenvalue weighted by Crippen LogP contribution is -2.46. The average Bonchev–Trinajstić information content (AvgIpc) is 1.84. The van der Waals surface area contributed by atoms with E-state index >= 15 is 0 Å². The molecule has 1 rings (SSSR count). The molecule has 0 amide bonds. The molecule has 0 spiro atoms. The molecule has 1 heterocycles. The van der Waals surface area contributed by atoms with Crippen LogP contribution < -0.4 is 0 Å². The van der Waals surface area contributed by atoms with E-state index in [2.05, 4.69) is 25.8 Å². The van der Waals surface area contributed by atoms with Crippen LogP contribution in [0.3, 0.4) is 0 Å². The van der Waals surface area contributed by atoms with Crippen LogP contribution in [0.1, 0.15) is 13.8 Å². The van der Waals surface area contributed by atoms with Crippen LogP contribution in [0.4, 0.5) is 0 Å². The number of nitrogens with zero attached hydrogens (tertiary/aromatic N) is 1. The molecule has 0 radical (unpaired) electrons. The molecule has 3 unspecified atom stereocenters. The van der Waals surface area contributed by atoms with E-state index in [1.54, 1.807) is 0 Å². The smallest absolute Gasteiger partial charge is 0.0447 e. The fraction of sp³-hybridized carbons (Fsp3) is 1.00. The third kappa shape index (κ3) is 1.58. The van der Waals surface area contributed by atoms with Crippen LogP contribution in [0.5, 0.6) is 0 Å². The van der Waals surface area contributed by atoms with E-state index < -0.39 is 10.8 Å². The normalized spacial score (nSPS) is 43.7. The Labute approximate surface area is 65.1 Å². The van der Waals surface area contributed by atoms with Crippen LogP contribution in [0, 0.1) is 0 Å². The van der Waals surface area contributed by atoms with Gasteiger partial charge in [-0.3, -0.25) is 4.21 Å². The first-order chi connectivity index (χ1) is 4.61. The first kappa shape index (κ1) is 8.21. The summed E-state index contributed by atoms with van der Waals surface area (Å²) in [5.41, 5.74) is 0. The van der Waals surface area contributed by atoms with Gasteiger partial charge in [-0.1, -0.05) is 0 Å². The fourth-order valence-electron chi connectivity index (χ4n) is 1.20. The summed E-state index contributed by atoms with van der Waals surface area (Å²) in [4.78, 5) is 2.27. The van der Waals surface area contributed by atoms with E-state index in [0.717, 1.165) is 12.3 Å². The van der Waals surface area contributed by atoms with Crippen LogP contribution in [0.2, 0.25) is 0 Å². The molecule has 0 saturated carbocycles. The van der Waals surface area contributed by atoms with E-state index in [0.29, 0.717) is 11.3 Å². The minimum Gasteiger partial charge on any atom is -0.302 e. The largest absolute Gasteiger partial charge is 0.302 e. The topological polar surface area (TPSA) is 20.3 Å². The van der Waals surface area contributed by atoms with E-state index in [-0.39, 0.29) is 0 Å². The highest BCUT2D eigenvalue weighted by Crippen LogP contribution is 2.11. The molecule has 60 valence electrons. The average molecular weight is 161 g/mol. The van der Waals surface area contributed by atoms with E-state index in [1.807, 2.05) is 0 Å². The van der Waals surface area contributed by atoms with Gasteiger partial charge < -0.3 is 4.90 Å². The number of rotatable bonds is 0. The monoisotopic (exact) mass is 161 g/mol. The van der Waals surface area contributed by atoms with Crippen molar-refractivity contribution in [3.8, 4) is 0 Å². The van der Waals surface area contributed by atoms with Gasteiger partial charge in [-0.2, -0.15) is 0 Å². The molecule has 1 aliphatic rings. The van der Waals surface area contributed by atoms with Gasteiger partial charge in [-0.25, -0.2) is 0 Å². The summed E-state index contributed by atoms with van der Waals surface area (Å²) >= 11 is 0. The zero-order valence-corrected chi connectivity index (χ0v) is 7.65. The standard InChI is InChI=1S/C7H15NOS/c1-6-5-10(9)7(2)4-8(6)3/h6-7H,4-5H2,1-3H3. The summed E-state index contributed by atoms with van der Waals surface area (Å²) in [6.07, 6.45) is 0. The highest BCUT2D eigenvalue weighted by Gasteiger charge is 2.24. The van der Waals surface area contributed by atoms with Gasteiger partial charge in [0.15, 0.2) is 0 Å². The lowest BCUT2D eigenvalue weighted by molar-refractivity contribution is 0.267. The molecule has 0 aromatic heterocycles. The van der Waals surface area contributed by atoms with Gasteiger partial charge in [-0.05, 0) is 20.9 Å². The van der Waals surface area contributed by atoms with E-state index in [1.165, 1.54) is 0 Å². The van der Waals surface area contributed by atoms with Crippen molar-refractivity contribution in [3.05, 3.63) is 0 Å². The molecular weight excluding hydrogens is 146 g/mol. The van der Waals surface area contributed by atoms with Crippen LogP contribution in [-0.2, 0) is 10.8 Å². The van der Waals surface area contributed by atoms with Gasteiger partial charge in [0.2, 0.25) is 0 Å². The van der Waals surface area contributed by atoms with Crippen molar-refractivity contribution in [3.63, 3.8) is 0 Å². The zero-order chi connectivity index (χ0) is 7.72. The van der Waals surface area contributed by atoms with Crippen LogP contribution in [0.25, 0.3) is 0 Å². The van der Waals surface area contributed by atoms with E-state index in [9.17, 15) is 4.21 Å². The van der Waals surface area contributed by atoms with Crippen molar-refractivity contribution in [2.24, 2.45) is 0 Å². The molecule has 3 heteroatoms. The number of hydrogen-bond acceptors (Lipinski definition) is 2. The van der Waals surface area contributed by atoms with Crippen LogP contribution in [0.15, 0.2) is 0 Å². The van der Waals surface area contributed by atoms with Crippen molar-refractivity contribution >= 4 is 10.8 Å². The zero-order valence-electron chi connectivity index (χ0n) is 6.83.